The molecule has 2 rings (SSSR count). The molecule has 19 heavy (non-hydrogen) atoms. The van der Waals surface area contributed by atoms with Gasteiger partial charge in [0.2, 0.25) is 11.8 Å². The van der Waals surface area contributed by atoms with Gasteiger partial charge in [0, 0.05) is 12.3 Å². The average Bonchev–Trinajstić information content (AvgIpc) is 2.38. The maximum atomic E-state index is 11.9. The van der Waals surface area contributed by atoms with E-state index in [2.05, 4.69) is 20.3 Å². The summed E-state index contributed by atoms with van der Waals surface area (Å²) < 4.78 is 4.92. The number of aromatic nitrogens is 3. The number of carbonyl (C=O) groups is 1. The van der Waals surface area contributed by atoms with E-state index in [-0.39, 0.29) is 27.7 Å². The third-order valence-electron chi connectivity index (χ3n) is 2.11. The van der Waals surface area contributed by atoms with Crippen LogP contribution in [0.3, 0.4) is 0 Å². The first-order valence-electron chi connectivity index (χ1n) is 5.10. The quantitative estimate of drug-likeness (QED) is 0.695. The van der Waals surface area contributed by atoms with Crippen molar-refractivity contribution in [2.75, 3.05) is 12.4 Å². The van der Waals surface area contributed by atoms with Crippen LogP contribution in [0.1, 0.15) is 10.4 Å². The van der Waals surface area contributed by atoms with Gasteiger partial charge in [0.1, 0.15) is 10.3 Å². The lowest BCUT2D eigenvalue weighted by Crippen LogP contribution is -2.15. The van der Waals surface area contributed by atoms with Crippen molar-refractivity contribution in [2.24, 2.45) is 0 Å². The van der Waals surface area contributed by atoms with Gasteiger partial charge in [-0.1, -0.05) is 23.2 Å². The van der Waals surface area contributed by atoms with E-state index in [0.717, 1.165) is 0 Å². The van der Waals surface area contributed by atoms with E-state index in [1.165, 1.54) is 25.4 Å². The van der Waals surface area contributed by atoms with E-state index in [0.29, 0.717) is 0 Å². The third kappa shape index (κ3) is 3.30. The number of methoxy groups -OCH3 is 1. The second-order valence-electron chi connectivity index (χ2n) is 3.35. The molecule has 0 radical (unpaired) electrons. The number of hydrogen-bond donors (Lipinski definition) is 1. The van der Waals surface area contributed by atoms with Gasteiger partial charge in [-0.05, 0) is 12.1 Å². The molecule has 98 valence electrons. The van der Waals surface area contributed by atoms with Crippen molar-refractivity contribution in [3.8, 4) is 5.88 Å². The van der Waals surface area contributed by atoms with Crippen LogP contribution in [0.25, 0.3) is 0 Å². The number of ether oxygens (including phenoxy) is 1. The molecular formula is C11H8Cl2N4O2. The van der Waals surface area contributed by atoms with E-state index in [4.69, 9.17) is 27.9 Å². The van der Waals surface area contributed by atoms with Crippen molar-refractivity contribution in [1.82, 2.24) is 15.0 Å². The highest BCUT2D eigenvalue weighted by Gasteiger charge is 2.13. The Balaban J connectivity index is 2.24. The molecule has 2 heterocycles. The summed E-state index contributed by atoms with van der Waals surface area (Å²) in [5.74, 6) is -0.218. The number of nitrogens with one attached hydrogen (secondary N) is 1. The molecule has 0 spiro atoms. The Kier molecular flexibility index (Phi) is 4.13. The highest BCUT2D eigenvalue weighted by Crippen LogP contribution is 2.17. The first-order valence-corrected chi connectivity index (χ1v) is 5.86. The molecule has 0 aliphatic heterocycles. The minimum atomic E-state index is -0.484. The smallest absolute Gasteiger partial charge is 0.261 e. The Morgan fingerprint density at radius 1 is 1.37 bits per heavy atom. The number of nitrogens with zero attached hydrogens (tertiary/aromatic N) is 3. The van der Waals surface area contributed by atoms with E-state index in [1.807, 2.05) is 0 Å². The molecule has 0 atom stereocenters. The van der Waals surface area contributed by atoms with Crippen LogP contribution in [0.4, 0.5) is 5.95 Å². The maximum Gasteiger partial charge on any atom is 0.261 e. The highest BCUT2D eigenvalue weighted by atomic mass is 35.5. The Morgan fingerprint density at radius 3 is 2.84 bits per heavy atom. The zero-order chi connectivity index (χ0) is 13.8. The minimum absolute atomic E-state index is 0.0225. The second-order valence-corrected chi connectivity index (χ2v) is 4.10. The van der Waals surface area contributed by atoms with Gasteiger partial charge in [-0.25, -0.2) is 9.97 Å². The summed E-state index contributed by atoms with van der Waals surface area (Å²) in [5, 5.41) is 2.71. The average molecular weight is 299 g/mol. The number of hydrogen-bond acceptors (Lipinski definition) is 5. The number of pyridine rings is 1. The second kappa shape index (κ2) is 5.81. The van der Waals surface area contributed by atoms with Crippen molar-refractivity contribution in [3.63, 3.8) is 0 Å². The van der Waals surface area contributed by atoms with Crippen molar-refractivity contribution in [1.29, 1.82) is 0 Å². The fourth-order valence-corrected chi connectivity index (χ4v) is 1.66. The van der Waals surface area contributed by atoms with Crippen molar-refractivity contribution >= 4 is 35.1 Å². The minimum Gasteiger partial charge on any atom is -0.481 e. The topological polar surface area (TPSA) is 77.0 Å². The summed E-state index contributed by atoms with van der Waals surface area (Å²) in [7, 11) is 1.43. The summed E-state index contributed by atoms with van der Waals surface area (Å²) in [5.41, 5.74) is 0.215. The third-order valence-corrected chi connectivity index (χ3v) is 2.60. The Hall–Kier alpha value is -1.92. The van der Waals surface area contributed by atoms with Crippen LogP contribution in [0, 0.1) is 0 Å². The van der Waals surface area contributed by atoms with Crippen molar-refractivity contribution in [3.05, 3.63) is 40.3 Å². The van der Waals surface area contributed by atoms with Gasteiger partial charge in [0.25, 0.3) is 5.91 Å². The largest absolute Gasteiger partial charge is 0.481 e. The standard InChI is InChI=1S/C11H8Cl2N4O2/c1-19-8-5-7(12)15-11(16-8)17-10(18)6-3-2-4-14-9(6)13/h2-5H,1H3,(H,15,16,17,18). The van der Waals surface area contributed by atoms with Crippen molar-refractivity contribution < 1.29 is 9.53 Å². The summed E-state index contributed by atoms with van der Waals surface area (Å²) in [6.07, 6.45) is 1.48. The van der Waals surface area contributed by atoms with Gasteiger partial charge in [0.05, 0.1) is 12.7 Å². The fourth-order valence-electron chi connectivity index (χ4n) is 1.28. The molecule has 0 saturated heterocycles. The molecule has 0 aliphatic rings. The molecule has 8 heteroatoms. The molecule has 1 amide bonds. The molecule has 1 N–H and O–H groups in total. The predicted molar refractivity (Wildman–Crippen MR) is 70.8 cm³/mol. The van der Waals surface area contributed by atoms with Crippen LogP contribution >= 0.6 is 23.2 Å². The predicted octanol–water partition coefficient (Wildman–Crippen LogP) is 2.44. The monoisotopic (exact) mass is 298 g/mol. The van der Waals surface area contributed by atoms with E-state index < -0.39 is 5.91 Å². The maximum absolute atomic E-state index is 11.9. The number of halogens is 2. The van der Waals surface area contributed by atoms with Crippen LogP contribution in [-0.4, -0.2) is 28.0 Å². The van der Waals surface area contributed by atoms with Crippen LogP contribution in [-0.2, 0) is 0 Å². The van der Waals surface area contributed by atoms with E-state index in [9.17, 15) is 4.79 Å². The fraction of sp³-hybridized carbons (Fsp3) is 0.0909. The lowest BCUT2D eigenvalue weighted by Gasteiger charge is -2.06. The summed E-state index contributed by atoms with van der Waals surface area (Å²) in [6, 6.07) is 4.56. The highest BCUT2D eigenvalue weighted by molar-refractivity contribution is 6.33. The SMILES string of the molecule is COc1cc(Cl)nc(NC(=O)c2cccnc2Cl)n1. The van der Waals surface area contributed by atoms with Crippen LogP contribution in [0.2, 0.25) is 10.3 Å². The van der Waals surface area contributed by atoms with Gasteiger partial charge in [0.15, 0.2) is 0 Å². The summed E-state index contributed by atoms with van der Waals surface area (Å²) in [6.45, 7) is 0. The van der Waals surface area contributed by atoms with E-state index in [1.54, 1.807) is 6.07 Å². The molecule has 0 unspecified atom stereocenters. The number of amides is 1. The van der Waals surface area contributed by atoms with Crippen molar-refractivity contribution in [2.45, 2.75) is 0 Å². The molecular weight excluding hydrogens is 291 g/mol. The normalized spacial score (nSPS) is 10.1. The zero-order valence-electron chi connectivity index (χ0n) is 9.72. The molecule has 0 saturated carbocycles. The molecule has 0 fully saturated rings. The van der Waals surface area contributed by atoms with Crippen LogP contribution in [0.15, 0.2) is 24.4 Å². The van der Waals surface area contributed by atoms with Crippen LogP contribution in [0.5, 0.6) is 5.88 Å². The number of rotatable bonds is 3. The summed E-state index contributed by atoms with van der Waals surface area (Å²) in [4.78, 5) is 23.5. The zero-order valence-corrected chi connectivity index (χ0v) is 11.2. The van der Waals surface area contributed by atoms with Gasteiger partial charge >= 0.3 is 0 Å². The molecule has 6 nitrogen and oxygen atoms in total. The first-order chi connectivity index (χ1) is 9.10. The summed E-state index contributed by atoms with van der Waals surface area (Å²) >= 11 is 11.6. The molecule has 0 aromatic carbocycles. The van der Waals surface area contributed by atoms with Gasteiger partial charge in [-0.3, -0.25) is 10.1 Å². The molecule has 0 bridgehead atoms. The van der Waals surface area contributed by atoms with Gasteiger partial charge < -0.3 is 4.74 Å². The lowest BCUT2D eigenvalue weighted by atomic mass is 10.3. The molecule has 2 aromatic heterocycles. The number of anilines is 1. The number of carbonyl (C=O) groups excluding carboxylic acids is 1. The first kappa shape index (κ1) is 13.5. The Labute approximate surface area is 118 Å². The Bertz CT molecular complexity index is 621. The lowest BCUT2D eigenvalue weighted by molar-refractivity contribution is 0.102. The van der Waals surface area contributed by atoms with Gasteiger partial charge in [-0.15, -0.1) is 0 Å². The molecule has 2 aromatic rings. The molecule has 0 aliphatic carbocycles. The Morgan fingerprint density at radius 2 is 2.16 bits per heavy atom. The van der Waals surface area contributed by atoms with Gasteiger partial charge in [-0.2, -0.15) is 4.98 Å². The van der Waals surface area contributed by atoms with Crippen LogP contribution < -0.4 is 10.1 Å². The van der Waals surface area contributed by atoms with E-state index >= 15 is 0 Å².